The minimum atomic E-state index is -0.556. The van der Waals surface area contributed by atoms with E-state index in [1.807, 2.05) is 26.0 Å². The summed E-state index contributed by atoms with van der Waals surface area (Å²) in [5.74, 6) is -0.785. The summed E-state index contributed by atoms with van der Waals surface area (Å²) < 4.78 is 0. The highest BCUT2D eigenvalue weighted by atomic mass is 16.2. The van der Waals surface area contributed by atoms with Crippen molar-refractivity contribution in [3.8, 4) is 0 Å². The fourth-order valence-corrected chi connectivity index (χ4v) is 3.00. The molecule has 6 nitrogen and oxygen atoms in total. The van der Waals surface area contributed by atoms with Gasteiger partial charge in [-0.2, -0.15) is 0 Å². The number of nitrogens with zero attached hydrogens (tertiary/aromatic N) is 1. The van der Waals surface area contributed by atoms with E-state index in [9.17, 15) is 14.4 Å². The molecular formula is C16H19N3O3. The van der Waals surface area contributed by atoms with Gasteiger partial charge in [0.2, 0.25) is 11.8 Å². The standard InChI is InChI=1S/C16H19N3O3/c1-9(2)17-11-3-4-12-10(7-11)8-19(16(12)22)13-5-6-14(20)18-15(13)21/h3-4,7,9,13,17H,5-6,8H2,1-2H3,(H,18,20,21). The number of anilines is 1. The van der Waals surface area contributed by atoms with Crippen LogP contribution in [-0.2, 0) is 16.1 Å². The lowest BCUT2D eigenvalue weighted by molar-refractivity contribution is -0.136. The molecule has 0 saturated carbocycles. The first kappa shape index (κ1) is 14.6. The van der Waals surface area contributed by atoms with Gasteiger partial charge in [-0.1, -0.05) is 0 Å². The minimum Gasteiger partial charge on any atom is -0.383 e. The molecule has 0 spiro atoms. The van der Waals surface area contributed by atoms with Crippen LogP contribution in [0.5, 0.6) is 0 Å². The monoisotopic (exact) mass is 301 g/mol. The minimum absolute atomic E-state index is 0.138. The van der Waals surface area contributed by atoms with Gasteiger partial charge in [-0.15, -0.1) is 0 Å². The van der Waals surface area contributed by atoms with Gasteiger partial charge < -0.3 is 10.2 Å². The molecule has 0 aliphatic carbocycles. The van der Waals surface area contributed by atoms with Gasteiger partial charge in [-0.3, -0.25) is 19.7 Å². The molecule has 0 bridgehead atoms. The van der Waals surface area contributed by atoms with E-state index in [-0.39, 0.29) is 24.1 Å². The van der Waals surface area contributed by atoms with E-state index in [1.54, 1.807) is 11.0 Å². The van der Waals surface area contributed by atoms with Crippen molar-refractivity contribution in [2.75, 3.05) is 5.32 Å². The molecule has 2 heterocycles. The van der Waals surface area contributed by atoms with Gasteiger partial charge in [-0.25, -0.2) is 0 Å². The topological polar surface area (TPSA) is 78.5 Å². The first-order chi connectivity index (χ1) is 10.5. The number of rotatable bonds is 3. The Morgan fingerprint density at radius 1 is 1.27 bits per heavy atom. The maximum atomic E-state index is 12.5. The Balaban J connectivity index is 1.81. The van der Waals surface area contributed by atoms with Gasteiger partial charge in [0.15, 0.2) is 0 Å². The number of nitrogens with one attached hydrogen (secondary N) is 2. The molecule has 22 heavy (non-hydrogen) atoms. The van der Waals surface area contributed by atoms with Crippen molar-refractivity contribution in [3.63, 3.8) is 0 Å². The van der Waals surface area contributed by atoms with Gasteiger partial charge in [0.25, 0.3) is 5.91 Å². The van der Waals surface area contributed by atoms with Crippen LogP contribution in [-0.4, -0.2) is 34.7 Å². The molecular weight excluding hydrogens is 282 g/mol. The second-order valence-electron chi connectivity index (χ2n) is 6.07. The van der Waals surface area contributed by atoms with Crippen molar-refractivity contribution < 1.29 is 14.4 Å². The summed E-state index contributed by atoms with van der Waals surface area (Å²) >= 11 is 0. The number of benzene rings is 1. The van der Waals surface area contributed by atoms with E-state index < -0.39 is 6.04 Å². The summed E-state index contributed by atoms with van der Waals surface area (Å²) in [5.41, 5.74) is 2.52. The third kappa shape index (κ3) is 2.56. The molecule has 6 heteroatoms. The molecule has 0 radical (unpaired) electrons. The molecule has 1 fully saturated rings. The first-order valence-electron chi connectivity index (χ1n) is 7.50. The van der Waals surface area contributed by atoms with Crippen LogP contribution in [0.25, 0.3) is 0 Å². The molecule has 2 aliphatic rings. The van der Waals surface area contributed by atoms with Crippen molar-refractivity contribution in [2.45, 2.75) is 45.3 Å². The lowest BCUT2D eigenvalue weighted by Crippen LogP contribution is -2.52. The van der Waals surface area contributed by atoms with Crippen LogP contribution < -0.4 is 10.6 Å². The molecule has 2 N–H and O–H groups in total. The Hall–Kier alpha value is -2.37. The second-order valence-corrected chi connectivity index (χ2v) is 6.07. The smallest absolute Gasteiger partial charge is 0.255 e. The third-order valence-electron chi connectivity index (χ3n) is 3.98. The van der Waals surface area contributed by atoms with E-state index in [4.69, 9.17) is 0 Å². The Morgan fingerprint density at radius 2 is 2.05 bits per heavy atom. The van der Waals surface area contributed by atoms with Crippen LogP contribution >= 0.6 is 0 Å². The number of amides is 3. The molecule has 1 unspecified atom stereocenters. The number of hydrogen-bond donors (Lipinski definition) is 2. The number of carbonyl (C=O) groups excluding carboxylic acids is 3. The number of imide groups is 1. The highest BCUT2D eigenvalue weighted by Gasteiger charge is 2.38. The zero-order valence-corrected chi connectivity index (χ0v) is 12.7. The highest BCUT2D eigenvalue weighted by Crippen LogP contribution is 2.29. The zero-order valence-electron chi connectivity index (χ0n) is 12.7. The van der Waals surface area contributed by atoms with Crippen LogP contribution in [0.2, 0.25) is 0 Å². The number of piperidine rings is 1. The summed E-state index contributed by atoms with van der Waals surface area (Å²) in [7, 11) is 0. The van der Waals surface area contributed by atoms with Crippen molar-refractivity contribution in [3.05, 3.63) is 29.3 Å². The lowest BCUT2D eigenvalue weighted by Gasteiger charge is -2.29. The molecule has 2 aliphatic heterocycles. The average molecular weight is 301 g/mol. The van der Waals surface area contributed by atoms with Crippen LogP contribution in [0.3, 0.4) is 0 Å². The number of fused-ring (bicyclic) bond motifs is 1. The van der Waals surface area contributed by atoms with Crippen LogP contribution in [0.4, 0.5) is 5.69 Å². The molecule has 116 valence electrons. The normalized spacial score (nSPS) is 21.1. The van der Waals surface area contributed by atoms with Gasteiger partial charge in [0.1, 0.15) is 6.04 Å². The zero-order chi connectivity index (χ0) is 15.9. The SMILES string of the molecule is CC(C)Nc1ccc2c(c1)CN(C1CCC(=O)NC1=O)C2=O. The second kappa shape index (κ2) is 5.44. The summed E-state index contributed by atoms with van der Waals surface area (Å²) in [6.45, 7) is 4.51. The predicted octanol–water partition coefficient (Wildman–Crippen LogP) is 1.27. The molecule has 1 atom stereocenters. The summed E-state index contributed by atoms with van der Waals surface area (Å²) in [6.07, 6.45) is 0.665. The van der Waals surface area contributed by atoms with E-state index in [0.717, 1.165) is 11.3 Å². The summed E-state index contributed by atoms with van der Waals surface area (Å²) in [5, 5.41) is 5.61. The van der Waals surface area contributed by atoms with Crippen molar-refractivity contribution in [1.82, 2.24) is 10.2 Å². The van der Waals surface area contributed by atoms with Crippen LogP contribution in [0.1, 0.15) is 42.6 Å². The Bertz CT molecular complexity index is 654. The molecule has 1 aromatic carbocycles. The maximum Gasteiger partial charge on any atom is 0.255 e. The fraction of sp³-hybridized carbons (Fsp3) is 0.438. The first-order valence-corrected chi connectivity index (χ1v) is 7.50. The van der Waals surface area contributed by atoms with E-state index in [1.165, 1.54) is 0 Å². The van der Waals surface area contributed by atoms with E-state index in [0.29, 0.717) is 24.6 Å². The van der Waals surface area contributed by atoms with Gasteiger partial charge >= 0.3 is 0 Å². The molecule has 0 aromatic heterocycles. The Morgan fingerprint density at radius 3 is 2.73 bits per heavy atom. The molecule has 1 saturated heterocycles. The Labute approximate surface area is 128 Å². The van der Waals surface area contributed by atoms with E-state index >= 15 is 0 Å². The van der Waals surface area contributed by atoms with Crippen molar-refractivity contribution >= 4 is 23.4 Å². The average Bonchev–Trinajstić information content (AvgIpc) is 2.75. The Kier molecular flexibility index (Phi) is 3.60. The van der Waals surface area contributed by atoms with Crippen LogP contribution in [0.15, 0.2) is 18.2 Å². The third-order valence-corrected chi connectivity index (χ3v) is 3.98. The fourth-order valence-electron chi connectivity index (χ4n) is 3.00. The maximum absolute atomic E-state index is 12.5. The largest absolute Gasteiger partial charge is 0.383 e. The number of carbonyl (C=O) groups is 3. The summed E-state index contributed by atoms with van der Waals surface area (Å²) in [4.78, 5) is 37.3. The summed E-state index contributed by atoms with van der Waals surface area (Å²) in [6, 6.07) is 5.39. The van der Waals surface area contributed by atoms with E-state index in [2.05, 4.69) is 10.6 Å². The molecule has 3 rings (SSSR count). The van der Waals surface area contributed by atoms with Crippen molar-refractivity contribution in [1.29, 1.82) is 0 Å². The lowest BCUT2D eigenvalue weighted by atomic mass is 10.0. The quantitative estimate of drug-likeness (QED) is 0.824. The molecule has 1 aromatic rings. The van der Waals surface area contributed by atoms with Crippen molar-refractivity contribution in [2.24, 2.45) is 0 Å². The van der Waals surface area contributed by atoms with Gasteiger partial charge in [0.05, 0.1) is 0 Å². The predicted molar refractivity (Wildman–Crippen MR) is 81.2 cm³/mol. The van der Waals surface area contributed by atoms with Gasteiger partial charge in [-0.05, 0) is 44.0 Å². The number of hydrogen-bond acceptors (Lipinski definition) is 4. The highest BCUT2D eigenvalue weighted by molar-refractivity contribution is 6.05. The molecule has 3 amide bonds. The van der Waals surface area contributed by atoms with Gasteiger partial charge in [0, 0.05) is 30.3 Å². The van der Waals surface area contributed by atoms with Crippen LogP contribution in [0, 0.1) is 0 Å².